The third-order valence-corrected chi connectivity index (χ3v) is 5.22. The Morgan fingerprint density at radius 3 is 3.00 bits per heavy atom. The number of furan rings is 1. The fourth-order valence-electron chi connectivity index (χ4n) is 3.71. The highest BCUT2D eigenvalue weighted by atomic mass is 35.5. The summed E-state index contributed by atoms with van der Waals surface area (Å²) in [7, 11) is 0. The fourth-order valence-corrected chi connectivity index (χ4v) is 3.71. The highest BCUT2D eigenvalue weighted by Gasteiger charge is 2.32. The molecule has 2 unspecified atom stereocenters. The second kappa shape index (κ2) is 8.91. The van der Waals surface area contributed by atoms with Gasteiger partial charge in [-0.25, -0.2) is 0 Å². The van der Waals surface area contributed by atoms with Gasteiger partial charge in [-0.3, -0.25) is 9.48 Å². The molecule has 0 spiro atoms. The van der Waals surface area contributed by atoms with Crippen LogP contribution in [0.2, 0.25) is 0 Å². The largest absolute Gasteiger partial charge is 0.464 e. The van der Waals surface area contributed by atoms with Crippen LogP contribution in [0.4, 0.5) is 0 Å². The standard InChI is InChI=1S/C19H26N4O3.ClH/c1-2-15-5-6-18(26-15)17-13-25-11-10-22(17)19(24)16-7-9-23(21-16)14-4-3-8-20-12-14;/h5-7,9,14,17,20H,2-4,8,10-13H2,1H3;1H. The van der Waals surface area contributed by atoms with Gasteiger partial charge in [0.2, 0.25) is 0 Å². The minimum absolute atomic E-state index is 0. The lowest BCUT2D eigenvalue weighted by atomic mass is 10.1. The highest BCUT2D eigenvalue weighted by molar-refractivity contribution is 5.92. The number of morpholine rings is 1. The topological polar surface area (TPSA) is 72.5 Å². The molecule has 2 fully saturated rings. The molecule has 148 valence electrons. The third kappa shape index (κ3) is 4.20. The van der Waals surface area contributed by atoms with Gasteiger partial charge in [0.05, 0.1) is 19.3 Å². The van der Waals surface area contributed by atoms with Crippen LogP contribution in [0.3, 0.4) is 0 Å². The molecule has 27 heavy (non-hydrogen) atoms. The first-order valence-electron chi connectivity index (χ1n) is 9.49. The fraction of sp³-hybridized carbons (Fsp3) is 0.579. The second-order valence-electron chi connectivity index (χ2n) is 6.93. The van der Waals surface area contributed by atoms with Crippen molar-refractivity contribution >= 4 is 18.3 Å². The molecular weight excluding hydrogens is 368 g/mol. The van der Waals surface area contributed by atoms with Gasteiger partial charge >= 0.3 is 0 Å². The van der Waals surface area contributed by atoms with E-state index in [1.807, 2.05) is 34.0 Å². The van der Waals surface area contributed by atoms with Gasteiger partial charge in [-0.2, -0.15) is 5.10 Å². The molecule has 2 aliphatic heterocycles. The molecule has 7 nitrogen and oxygen atoms in total. The summed E-state index contributed by atoms with van der Waals surface area (Å²) >= 11 is 0. The van der Waals surface area contributed by atoms with E-state index in [9.17, 15) is 4.79 Å². The number of carbonyl (C=O) groups is 1. The molecule has 8 heteroatoms. The quantitative estimate of drug-likeness (QED) is 0.862. The zero-order chi connectivity index (χ0) is 17.9. The lowest BCUT2D eigenvalue weighted by Gasteiger charge is -2.34. The number of rotatable bonds is 4. The smallest absolute Gasteiger partial charge is 0.275 e. The molecule has 0 saturated carbocycles. The van der Waals surface area contributed by atoms with E-state index < -0.39 is 0 Å². The average molecular weight is 395 g/mol. The molecule has 0 aromatic carbocycles. The Labute approximate surface area is 165 Å². The lowest BCUT2D eigenvalue weighted by Crippen LogP contribution is -2.43. The van der Waals surface area contributed by atoms with Crippen molar-refractivity contribution < 1.29 is 13.9 Å². The molecule has 1 amide bonds. The first-order chi connectivity index (χ1) is 12.8. The summed E-state index contributed by atoms with van der Waals surface area (Å²) in [6.45, 7) is 5.55. The van der Waals surface area contributed by atoms with Crippen LogP contribution in [-0.2, 0) is 11.2 Å². The molecule has 0 radical (unpaired) electrons. The molecule has 4 heterocycles. The number of amides is 1. The third-order valence-electron chi connectivity index (χ3n) is 5.22. The molecule has 2 aromatic heterocycles. The van der Waals surface area contributed by atoms with Gasteiger partial charge in [-0.1, -0.05) is 6.92 Å². The predicted molar refractivity (Wildman–Crippen MR) is 103 cm³/mol. The van der Waals surface area contributed by atoms with Crippen LogP contribution in [0.1, 0.15) is 53.9 Å². The summed E-state index contributed by atoms with van der Waals surface area (Å²) in [4.78, 5) is 14.9. The molecule has 0 bridgehead atoms. The van der Waals surface area contributed by atoms with Crippen molar-refractivity contribution in [3.05, 3.63) is 41.6 Å². The minimum Gasteiger partial charge on any atom is -0.464 e. The van der Waals surface area contributed by atoms with Crippen LogP contribution >= 0.6 is 12.4 Å². The van der Waals surface area contributed by atoms with Crippen molar-refractivity contribution in [2.24, 2.45) is 0 Å². The maximum Gasteiger partial charge on any atom is 0.275 e. The van der Waals surface area contributed by atoms with Gasteiger partial charge in [0.15, 0.2) is 0 Å². The van der Waals surface area contributed by atoms with Crippen LogP contribution in [0.25, 0.3) is 0 Å². The van der Waals surface area contributed by atoms with E-state index in [4.69, 9.17) is 9.15 Å². The van der Waals surface area contributed by atoms with E-state index in [1.165, 1.54) is 0 Å². The van der Waals surface area contributed by atoms with Crippen molar-refractivity contribution in [2.45, 2.75) is 38.3 Å². The molecule has 1 N–H and O–H groups in total. The average Bonchev–Trinajstić information content (AvgIpc) is 3.38. The molecule has 2 atom stereocenters. The highest BCUT2D eigenvalue weighted by Crippen LogP contribution is 2.28. The summed E-state index contributed by atoms with van der Waals surface area (Å²) in [5.74, 6) is 1.65. The van der Waals surface area contributed by atoms with Crippen molar-refractivity contribution in [2.75, 3.05) is 32.8 Å². The normalized spacial score (nSPS) is 23.1. The number of halogens is 1. The van der Waals surface area contributed by atoms with Crippen LogP contribution in [-0.4, -0.2) is 53.4 Å². The van der Waals surface area contributed by atoms with Crippen LogP contribution in [0, 0.1) is 0 Å². The summed E-state index contributed by atoms with van der Waals surface area (Å²) in [5.41, 5.74) is 0.491. The number of nitrogens with zero attached hydrogens (tertiary/aromatic N) is 3. The number of aryl methyl sites for hydroxylation is 1. The Bertz CT molecular complexity index is 754. The first-order valence-corrected chi connectivity index (χ1v) is 9.49. The SMILES string of the molecule is CCc1ccc(C2COCCN2C(=O)c2ccn(C3CCCNC3)n2)o1.Cl. The Kier molecular flexibility index (Phi) is 6.57. The monoisotopic (exact) mass is 394 g/mol. The van der Waals surface area contributed by atoms with Gasteiger partial charge in [0.25, 0.3) is 5.91 Å². The molecule has 4 rings (SSSR count). The Hall–Kier alpha value is -1.83. The predicted octanol–water partition coefficient (Wildman–Crippen LogP) is 2.60. The van der Waals surface area contributed by atoms with Crippen LogP contribution in [0.15, 0.2) is 28.8 Å². The summed E-state index contributed by atoms with van der Waals surface area (Å²) in [5, 5.41) is 7.96. The molecule has 0 aliphatic carbocycles. The number of hydrogen-bond donors (Lipinski definition) is 1. The Morgan fingerprint density at radius 2 is 2.26 bits per heavy atom. The minimum atomic E-state index is -0.196. The summed E-state index contributed by atoms with van der Waals surface area (Å²) in [6.07, 6.45) is 4.98. The van der Waals surface area contributed by atoms with Crippen molar-refractivity contribution in [3.63, 3.8) is 0 Å². The molecular formula is C19H27ClN4O3. The Balaban J connectivity index is 0.00000210. The van der Waals surface area contributed by atoms with Crippen LogP contribution in [0.5, 0.6) is 0 Å². The number of ether oxygens (including phenoxy) is 1. The van der Waals surface area contributed by atoms with Crippen molar-refractivity contribution in [1.29, 1.82) is 0 Å². The zero-order valence-corrected chi connectivity index (χ0v) is 16.4. The first kappa shape index (κ1) is 19.9. The van der Waals surface area contributed by atoms with Crippen molar-refractivity contribution in [1.82, 2.24) is 20.0 Å². The summed E-state index contributed by atoms with van der Waals surface area (Å²) < 4.78 is 13.4. The zero-order valence-electron chi connectivity index (χ0n) is 15.6. The second-order valence-corrected chi connectivity index (χ2v) is 6.93. The van der Waals surface area contributed by atoms with Crippen molar-refractivity contribution in [3.8, 4) is 0 Å². The van der Waals surface area contributed by atoms with E-state index in [-0.39, 0.29) is 24.4 Å². The van der Waals surface area contributed by atoms with Gasteiger partial charge < -0.3 is 19.4 Å². The van der Waals surface area contributed by atoms with Gasteiger partial charge in [-0.05, 0) is 37.6 Å². The van der Waals surface area contributed by atoms with Gasteiger partial charge in [-0.15, -0.1) is 12.4 Å². The Morgan fingerprint density at radius 1 is 1.37 bits per heavy atom. The van der Waals surface area contributed by atoms with E-state index in [1.54, 1.807) is 0 Å². The van der Waals surface area contributed by atoms with E-state index in [0.717, 1.165) is 43.9 Å². The van der Waals surface area contributed by atoms with Gasteiger partial charge in [0, 0.05) is 25.7 Å². The van der Waals surface area contributed by atoms with E-state index >= 15 is 0 Å². The molecule has 2 aliphatic rings. The van der Waals surface area contributed by atoms with Crippen LogP contribution < -0.4 is 5.32 Å². The van der Waals surface area contributed by atoms with Gasteiger partial charge in [0.1, 0.15) is 23.3 Å². The summed E-state index contributed by atoms with van der Waals surface area (Å²) in [6, 6.07) is 5.87. The number of hydrogen-bond acceptors (Lipinski definition) is 5. The number of piperidine rings is 1. The number of nitrogens with one attached hydrogen (secondary N) is 1. The molecule has 2 aromatic rings. The molecule has 2 saturated heterocycles. The number of aromatic nitrogens is 2. The lowest BCUT2D eigenvalue weighted by molar-refractivity contribution is -0.00936. The number of carbonyl (C=O) groups excluding carboxylic acids is 1. The maximum atomic E-state index is 13.1. The van der Waals surface area contributed by atoms with E-state index in [0.29, 0.717) is 31.5 Å². The van der Waals surface area contributed by atoms with E-state index in [2.05, 4.69) is 17.3 Å². The maximum absolute atomic E-state index is 13.1.